The van der Waals surface area contributed by atoms with Gasteiger partial charge in [-0.3, -0.25) is 0 Å². The predicted molar refractivity (Wildman–Crippen MR) is 71.2 cm³/mol. The Balaban J connectivity index is 4.14. The molecule has 0 aromatic heterocycles. The average Bonchev–Trinajstić information content (AvgIpc) is 2.00. The second kappa shape index (κ2) is 7.30. The van der Waals surface area contributed by atoms with E-state index in [0.717, 1.165) is 11.8 Å². The molecule has 0 atom stereocenters. The van der Waals surface area contributed by atoms with Crippen LogP contribution in [0.5, 0.6) is 0 Å². The molecular weight excluding hydrogens is 180 g/mol. The molecule has 92 valence electrons. The van der Waals surface area contributed by atoms with E-state index >= 15 is 0 Å². The monoisotopic (exact) mass is 212 g/mol. The van der Waals surface area contributed by atoms with Crippen molar-refractivity contribution in [3.8, 4) is 0 Å². The highest BCUT2D eigenvalue weighted by molar-refractivity contribution is 4.77. The third kappa shape index (κ3) is 7.88. The van der Waals surface area contributed by atoms with Gasteiger partial charge in [-0.1, -0.05) is 60.8 Å². The quantitative estimate of drug-likeness (QED) is 0.455. The largest absolute Gasteiger partial charge is 0.0654 e. The fourth-order valence-corrected chi connectivity index (χ4v) is 3.06. The van der Waals surface area contributed by atoms with E-state index in [-0.39, 0.29) is 0 Å². The Morgan fingerprint density at radius 3 is 1.67 bits per heavy atom. The Kier molecular flexibility index (Phi) is 7.30. The van der Waals surface area contributed by atoms with Crippen LogP contribution in [0.4, 0.5) is 0 Å². The minimum absolute atomic E-state index is 0.595. The molecule has 0 spiro atoms. The van der Waals surface area contributed by atoms with Gasteiger partial charge in [-0.2, -0.15) is 0 Å². The van der Waals surface area contributed by atoms with Crippen molar-refractivity contribution in [1.82, 2.24) is 0 Å². The Morgan fingerprint density at radius 2 is 1.33 bits per heavy atom. The summed E-state index contributed by atoms with van der Waals surface area (Å²) in [6.45, 7) is 14.2. The summed E-state index contributed by atoms with van der Waals surface area (Å²) < 4.78 is 0. The van der Waals surface area contributed by atoms with Crippen molar-refractivity contribution in [2.75, 3.05) is 0 Å². The zero-order chi connectivity index (χ0) is 11.9. The van der Waals surface area contributed by atoms with Crippen LogP contribution in [-0.2, 0) is 0 Å². The molecule has 0 rings (SSSR count). The first-order valence-electron chi connectivity index (χ1n) is 6.89. The molecule has 0 aromatic rings. The second-order valence-electron chi connectivity index (χ2n) is 6.46. The van der Waals surface area contributed by atoms with Gasteiger partial charge in [-0.05, 0) is 36.5 Å². The number of hydrogen-bond acceptors (Lipinski definition) is 0. The maximum Gasteiger partial charge on any atom is -0.0321 e. The molecule has 0 N–H and O–H groups in total. The summed E-state index contributed by atoms with van der Waals surface area (Å²) in [6, 6.07) is 0. The van der Waals surface area contributed by atoms with Crippen molar-refractivity contribution in [3.63, 3.8) is 0 Å². The smallest absolute Gasteiger partial charge is 0.0321 e. The molecule has 0 aliphatic rings. The summed E-state index contributed by atoms with van der Waals surface area (Å²) in [6.07, 6.45) is 8.40. The molecule has 0 aliphatic carbocycles. The van der Waals surface area contributed by atoms with E-state index < -0.39 is 0 Å². The van der Waals surface area contributed by atoms with Crippen molar-refractivity contribution in [2.45, 2.75) is 80.1 Å². The summed E-state index contributed by atoms with van der Waals surface area (Å²) in [7, 11) is 0. The maximum atomic E-state index is 2.50. The molecule has 0 unspecified atom stereocenters. The highest BCUT2D eigenvalue weighted by atomic mass is 14.3. The first kappa shape index (κ1) is 15.0. The Morgan fingerprint density at radius 1 is 0.867 bits per heavy atom. The van der Waals surface area contributed by atoms with Crippen molar-refractivity contribution in [2.24, 2.45) is 17.3 Å². The van der Waals surface area contributed by atoms with Crippen LogP contribution >= 0.6 is 0 Å². The van der Waals surface area contributed by atoms with Crippen LogP contribution < -0.4 is 0 Å². The van der Waals surface area contributed by atoms with E-state index in [1.807, 2.05) is 0 Å². The normalized spacial score (nSPS) is 12.8. The lowest BCUT2D eigenvalue weighted by atomic mass is 9.72. The number of rotatable bonds is 8. The highest BCUT2D eigenvalue weighted by Crippen LogP contribution is 2.38. The van der Waals surface area contributed by atoms with E-state index in [9.17, 15) is 0 Å². The molecule has 0 fully saturated rings. The average molecular weight is 212 g/mol. The number of unbranched alkanes of at least 4 members (excludes halogenated alkanes) is 2. The van der Waals surface area contributed by atoms with Crippen molar-refractivity contribution in [1.29, 1.82) is 0 Å². The van der Waals surface area contributed by atoms with Crippen LogP contribution in [0.15, 0.2) is 0 Å². The summed E-state index contributed by atoms with van der Waals surface area (Å²) in [5.41, 5.74) is 0.595. The van der Waals surface area contributed by atoms with E-state index in [0.29, 0.717) is 5.41 Å². The van der Waals surface area contributed by atoms with E-state index in [2.05, 4.69) is 41.5 Å². The van der Waals surface area contributed by atoms with Gasteiger partial charge in [0.25, 0.3) is 0 Å². The van der Waals surface area contributed by atoms with Gasteiger partial charge in [-0.15, -0.1) is 0 Å². The maximum absolute atomic E-state index is 2.50. The Hall–Kier alpha value is 0. The predicted octanol–water partition coefficient (Wildman–Crippen LogP) is 5.67. The summed E-state index contributed by atoms with van der Waals surface area (Å²) in [5, 5.41) is 0. The minimum atomic E-state index is 0.595. The van der Waals surface area contributed by atoms with Crippen molar-refractivity contribution in [3.05, 3.63) is 0 Å². The first-order chi connectivity index (χ1) is 6.89. The van der Waals surface area contributed by atoms with Gasteiger partial charge >= 0.3 is 0 Å². The minimum Gasteiger partial charge on any atom is -0.0654 e. The van der Waals surface area contributed by atoms with E-state index in [1.54, 1.807) is 0 Å². The highest BCUT2D eigenvalue weighted by Gasteiger charge is 2.25. The third-order valence-electron chi connectivity index (χ3n) is 3.19. The van der Waals surface area contributed by atoms with Crippen LogP contribution in [0.3, 0.4) is 0 Å². The van der Waals surface area contributed by atoms with Crippen LogP contribution in [0.25, 0.3) is 0 Å². The molecule has 0 aromatic carbocycles. The van der Waals surface area contributed by atoms with Crippen LogP contribution in [0.2, 0.25) is 0 Å². The number of hydrogen-bond donors (Lipinski definition) is 0. The molecule has 0 bridgehead atoms. The molecule has 0 radical (unpaired) electrons. The second-order valence-corrected chi connectivity index (χ2v) is 6.46. The van der Waals surface area contributed by atoms with E-state index in [1.165, 1.54) is 38.5 Å². The van der Waals surface area contributed by atoms with Gasteiger partial charge in [-0.25, -0.2) is 0 Å². The first-order valence-corrected chi connectivity index (χ1v) is 6.89. The molecule has 0 amide bonds. The molecule has 0 saturated heterocycles. The van der Waals surface area contributed by atoms with Crippen molar-refractivity contribution >= 4 is 0 Å². The van der Waals surface area contributed by atoms with E-state index in [4.69, 9.17) is 0 Å². The summed E-state index contributed by atoms with van der Waals surface area (Å²) in [4.78, 5) is 0. The Bertz CT molecular complexity index is 134. The summed E-state index contributed by atoms with van der Waals surface area (Å²) >= 11 is 0. The lowest BCUT2D eigenvalue weighted by Crippen LogP contribution is -2.21. The van der Waals surface area contributed by atoms with Gasteiger partial charge in [0.05, 0.1) is 0 Å². The van der Waals surface area contributed by atoms with Gasteiger partial charge in [0.15, 0.2) is 0 Å². The summed E-state index contributed by atoms with van der Waals surface area (Å²) in [5.74, 6) is 1.69. The molecule has 0 heteroatoms. The molecule has 0 heterocycles. The van der Waals surface area contributed by atoms with Crippen molar-refractivity contribution < 1.29 is 0 Å². The molecule has 0 aliphatic heterocycles. The molecular formula is C15H32. The molecule has 15 heavy (non-hydrogen) atoms. The van der Waals surface area contributed by atoms with Crippen LogP contribution in [-0.4, -0.2) is 0 Å². The fourth-order valence-electron chi connectivity index (χ4n) is 3.06. The van der Waals surface area contributed by atoms with Gasteiger partial charge < -0.3 is 0 Å². The van der Waals surface area contributed by atoms with Crippen LogP contribution in [0.1, 0.15) is 80.1 Å². The zero-order valence-corrected chi connectivity index (χ0v) is 11.9. The molecule has 0 saturated carbocycles. The topological polar surface area (TPSA) is 0 Å². The van der Waals surface area contributed by atoms with Gasteiger partial charge in [0.1, 0.15) is 0 Å². The lowest BCUT2D eigenvalue weighted by Gasteiger charge is -2.33. The SMILES string of the molecule is CCCCCC(C)(CC(C)C)CC(C)C. The van der Waals surface area contributed by atoms with Crippen LogP contribution in [0, 0.1) is 17.3 Å². The fraction of sp³-hybridized carbons (Fsp3) is 1.00. The van der Waals surface area contributed by atoms with Gasteiger partial charge in [0.2, 0.25) is 0 Å². The zero-order valence-electron chi connectivity index (χ0n) is 11.9. The molecule has 0 nitrogen and oxygen atoms in total. The van der Waals surface area contributed by atoms with Gasteiger partial charge in [0, 0.05) is 0 Å². The Labute approximate surface area is 97.8 Å². The lowest BCUT2D eigenvalue weighted by molar-refractivity contribution is 0.184. The standard InChI is InChI=1S/C15H32/c1-7-8-9-10-15(6,11-13(2)3)12-14(4)5/h13-14H,7-12H2,1-6H3. The third-order valence-corrected chi connectivity index (χ3v) is 3.19.